The van der Waals surface area contributed by atoms with Gasteiger partial charge in [0.25, 0.3) is 0 Å². The van der Waals surface area contributed by atoms with Gasteiger partial charge in [-0.3, -0.25) is 0 Å². The quantitative estimate of drug-likeness (QED) is 0.582. The van der Waals surface area contributed by atoms with Gasteiger partial charge in [-0.2, -0.15) is 0 Å². The molecule has 0 aromatic heterocycles. The second-order valence-corrected chi connectivity index (χ2v) is 4.88. The van der Waals surface area contributed by atoms with E-state index < -0.39 is 0 Å². The normalized spacial score (nSPS) is 10.9. The average molecular weight is 214 g/mol. The van der Waals surface area contributed by atoms with Gasteiger partial charge >= 0.3 is 0 Å². The number of benzene rings is 1. The minimum absolute atomic E-state index is 0. The van der Waals surface area contributed by atoms with Gasteiger partial charge in [0.2, 0.25) is 0 Å². The molecular formula is C12H20ClN. The van der Waals surface area contributed by atoms with Gasteiger partial charge in [0.05, 0.1) is 21.1 Å². The maximum atomic E-state index is 2.25. The zero-order valence-corrected chi connectivity index (χ0v) is 10.5. The zero-order chi connectivity index (χ0) is 10.1. The van der Waals surface area contributed by atoms with Crippen molar-refractivity contribution in [2.45, 2.75) is 20.4 Å². The molecule has 0 N–H and O–H groups in total. The van der Waals surface area contributed by atoms with Crippen molar-refractivity contribution >= 4 is 0 Å². The molecule has 1 aromatic rings. The first-order chi connectivity index (χ1) is 5.88. The minimum Gasteiger partial charge on any atom is -1.00 e. The van der Waals surface area contributed by atoms with Gasteiger partial charge in [0, 0.05) is 5.56 Å². The van der Waals surface area contributed by atoms with E-state index in [1.54, 1.807) is 0 Å². The molecule has 0 spiro atoms. The Morgan fingerprint density at radius 1 is 1.07 bits per heavy atom. The van der Waals surface area contributed by atoms with Gasteiger partial charge in [0.1, 0.15) is 6.54 Å². The molecule has 1 aromatic carbocycles. The number of quaternary nitrogens is 1. The van der Waals surface area contributed by atoms with Crippen LogP contribution in [-0.2, 0) is 6.54 Å². The van der Waals surface area contributed by atoms with E-state index in [4.69, 9.17) is 0 Å². The van der Waals surface area contributed by atoms with Crippen molar-refractivity contribution in [2.24, 2.45) is 0 Å². The number of hydrogen-bond acceptors (Lipinski definition) is 0. The topological polar surface area (TPSA) is 0 Å². The Balaban J connectivity index is 0.00000169. The molecule has 2 heteroatoms. The summed E-state index contributed by atoms with van der Waals surface area (Å²) in [6, 6.07) is 6.69. The molecule has 0 saturated carbocycles. The van der Waals surface area contributed by atoms with Crippen LogP contribution in [0.5, 0.6) is 0 Å². The first-order valence-electron chi connectivity index (χ1n) is 4.75. The number of rotatable bonds is 2. The van der Waals surface area contributed by atoms with E-state index in [1.165, 1.54) is 16.7 Å². The Hall–Kier alpha value is -0.530. The van der Waals surface area contributed by atoms with Crippen LogP contribution in [0.1, 0.15) is 16.7 Å². The molecule has 0 fully saturated rings. The van der Waals surface area contributed by atoms with Crippen LogP contribution in [0, 0.1) is 13.8 Å². The van der Waals surface area contributed by atoms with Crippen LogP contribution in [-0.4, -0.2) is 25.6 Å². The van der Waals surface area contributed by atoms with Crippen molar-refractivity contribution in [3.63, 3.8) is 0 Å². The highest BCUT2D eigenvalue weighted by Gasteiger charge is 2.09. The molecule has 0 aliphatic rings. The van der Waals surface area contributed by atoms with E-state index in [2.05, 4.69) is 53.2 Å². The van der Waals surface area contributed by atoms with E-state index in [1.807, 2.05) is 0 Å². The molecule has 1 nitrogen and oxygen atoms in total. The lowest BCUT2D eigenvalue weighted by Crippen LogP contribution is -3.00. The van der Waals surface area contributed by atoms with Gasteiger partial charge in [0.15, 0.2) is 0 Å². The van der Waals surface area contributed by atoms with Crippen molar-refractivity contribution in [1.82, 2.24) is 0 Å². The van der Waals surface area contributed by atoms with Crippen molar-refractivity contribution in [2.75, 3.05) is 21.1 Å². The predicted molar refractivity (Wildman–Crippen MR) is 57.7 cm³/mol. The Labute approximate surface area is 93.7 Å². The first kappa shape index (κ1) is 13.5. The van der Waals surface area contributed by atoms with Gasteiger partial charge in [-0.1, -0.05) is 23.8 Å². The van der Waals surface area contributed by atoms with Crippen molar-refractivity contribution in [1.29, 1.82) is 0 Å². The fraction of sp³-hybridized carbons (Fsp3) is 0.500. The van der Waals surface area contributed by atoms with E-state index in [9.17, 15) is 0 Å². The monoisotopic (exact) mass is 213 g/mol. The summed E-state index contributed by atoms with van der Waals surface area (Å²) >= 11 is 0. The average Bonchev–Trinajstić information content (AvgIpc) is 1.93. The molecule has 0 bridgehead atoms. The fourth-order valence-corrected chi connectivity index (χ4v) is 1.53. The zero-order valence-electron chi connectivity index (χ0n) is 9.76. The minimum atomic E-state index is 0. The summed E-state index contributed by atoms with van der Waals surface area (Å²) < 4.78 is 0.990. The highest BCUT2D eigenvalue weighted by atomic mass is 35.5. The fourth-order valence-electron chi connectivity index (χ4n) is 1.53. The lowest BCUT2D eigenvalue weighted by molar-refractivity contribution is -0.884. The van der Waals surface area contributed by atoms with Crippen LogP contribution >= 0.6 is 0 Å². The lowest BCUT2D eigenvalue weighted by atomic mass is 10.1. The van der Waals surface area contributed by atoms with Crippen molar-refractivity contribution in [3.8, 4) is 0 Å². The van der Waals surface area contributed by atoms with Crippen LogP contribution in [0.15, 0.2) is 18.2 Å². The summed E-state index contributed by atoms with van der Waals surface area (Å²) in [6.07, 6.45) is 0. The molecule has 80 valence electrons. The number of aryl methyl sites for hydroxylation is 2. The van der Waals surface area contributed by atoms with Gasteiger partial charge in [-0.15, -0.1) is 0 Å². The molecule has 0 amide bonds. The number of hydrogen-bond donors (Lipinski definition) is 0. The molecule has 0 atom stereocenters. The highest BCUT2D eigenvalue weighted by Crippen LogP contribution is 2.13. The summed E-state index contributed by atoms with van der Waals surface area (Å²) in [5, 5.41) is 0. The van der Waals surface area contributed by atoms with E-state index in [0.29, 0.717) is 0 Å². The molecule has 0 aliphatic carbocycles. The molecule has 0 unspecified atom stereocenters. The van der Waals surface area contributed by atoms with Gasteiger partial charge in [-0.25, -0.2) is 0 Å². The van der Waals surface area contributed by atoms with E-state index in [0.717, 1.165) is 11.0 Å². The number of halogens is 1. The second kappa shape index (κ2) is 4.81. The Morgan fingerprint density at radius 3 is 2.07 bits per heavy atom. The summed E-state index contributed by atoms with van der Waals surface area (Å²) in [5.41, 5.74) is 4.22. The van der Waals surface area contributed by atoms with Crippen LogP contribution in [0.3, 0.4) is 0 Å². The summed E-state index contributed by atoms with van der Waals surface area (Å²) in [6.45, 7) is 5.44. The SMILES string of the molecule is Cc1ccc(C[N+](C)(C)C)c(C)c1.[Cl-]. The first-order valence-corrected chi connectivity index (χ1v) is 4.75. The Kier molecular flexibility index (Phi) is 4.63. The van der Waals surface area contributed by atoms with Crippen molar-refractivity contribution in [3.05, 3.63) is 34.9 Å². The van der Waals surface area contributed by atoms with Gasteiger partial charge in [-0.05, 0) is 19.4 Å². The van der Waals surface area contributed by atoms with E-state index in [-0.39, 0.29) is 12.4 Å². The third-order valence-electron chi connectivity index (χ3n) is 2.14. The molecular weight excluding hydrogens is 194 g/mol. The molecule has 1 rings (SSSR count). The second-order valence-electron chi connectivity index (χ2n) is 4.88. The molecule has 0 aliphatic heterocycles. The van der Waals surface area contributed by atoms with Crippen LogP contribution in [0.25, 0.3) is 0 Å². The van der Waals surface area contributed by atoms with E-state index >= 15 is 0 Å². The van der Waals surface area contributed by atoms with Crippen LogP contribution in [0.2, 0.25) is 0 Å². The maximum Gasteiger partial charge on any atom is 0.104 e. The standard InChI is InChI=1S/C12H20N.ClH/c1-10-6-7-12(11(2)8-10)9-13(3,4)5;/h6-8H,9H2,1-5H3;1H/q+1;/p-1. The largest absolute Gasteiger partial charge is 1.00 e. The Morgan fingerprint density at radius 2 is 1.64 bits per heavy atom. The third-order valence-corrected chi connectivity index (χ3v) is 2.14. The number of nitrogens with zero attached hydrogens (tertiary/aromatic N) is 1. The Bertz CT molecular complexity index is 300. The third kappa shape index (κ3) is 4.12. The van der Waals surface area contributed by atoms with Crippen molar-refractivity contribution < 1.29 is 16.9 Å². The molecule has 0 radical (unpaired) electrons. The van der Waals surface area contributed by atoms with Gasteiger partial charge < -0.3 is 16.9 Å². The van der Waals surface area contributed by atoms with Crippen LogP contribution in [0.4, 0.5) is 0 Å². The molecule has 0 saturated heterocycles. The maximum absolute atomic E-state index is 2.25. The predicted octanol–water partition coefficient (Wildman–Crippen LogP) is -0.486. The summed E-state index contributed by atoms with van der Waals surface area (Å²) in [7, 11) is 6.66. The lowest BCUT2D eigenvalue weighted by Gasteiger charge is -2.24. The summed E-state index contributed by atoms with van der Waals surface area (Å²) in [4.78, 5) is 0. The van der Waals surface area contributed by atoms with Crippen LogP contribution < -0.4 is 12.4 Å². The highest BCUT2D eigenvalue weighted by molar-refractivity contribution is 5.29. The smallest absolute Gasteiger partial charge is 0.104 e. The molecule has 14 heavy (non-hydrogen) atoms. The molecule has 0 heterocycles. The summed E-state index contributed by atoms with van der Waals surface area (Å²) in [5.74, 6) is 0.